The highest BCUT2D eigenvalue weighted by molar-refractivity contribution is 7.08. The molecule has 0 saturated heterocycles. The molecule has 1 heterocycles. The van der Waals surface area contributed by atoms with Gasteiger partial charge in [0.25, 0.3) is 0 Å². The number of aryl methyl sites for hydroxylation is 1. The zero-order chi connectivity index (χ0) is 9.97. The van der Waals surface area contributed by atoms with Crippen molar-refractivity contribution >= 4 is 17.0 Å². The van der Waals surface area contributed by atoms with Crippen LogP contribution in [-0.4, -0.2) is 6.04 Å². The van der Waals surface area contributed by atoms with Crippen molar-refractivity contribution in [1.82, 2.24) is 0 Å². The Bertz CT molecular complexity index is 288. The molecule has 2 heteroatoms. The van der Waals surface area contributed by atoms with Gasteiger partial charge in [0.2, 0.25) is 0 Å². The normalized spacial score (nSPS) is 18.1. The second-order valence-electron chi connectivity index (χ2n) is 4.35. The van der Waals surface area contributed by atoms with E-state index in [4.69, 9.17) is 0 Å². The first-order valence-electron chi connectivity index (χ1n) is 5.60. The largest absolute Gasteiger partial charge is 0.381 e. The minimum Gasteiger partial charge on any atom is -0.381 e. The van der Waals surface area contributed by atoms with Crippen LogP contribution in [-0.2, 0) is 0 Å². The van der Waals surface area contributed by atoms with Crippen molar-refractivity contribution < 1.29 is 0 Å². The van der Waals surface area contributed by atoms with Crippen LogP contribution in [0.25, 0.3) is 0 Å². The van der Waals surface area contributed by atoms with Crippen LogP contribution in [0.2, 0.25) is 0 Å². The molecule has 1 aromatic rings. The van der Waals surface area contributed by atoms with E-state index < -0.39 is 0 Å². The molecular weight excluding hydrogens is 190 g/mol. The molecule has 78 valence electrons. The Morgan fingerprint density at radius 3 is 2.79 bits per heavy atom. The summed E-state index contributed by atoms with van der Waals surface area (Å²) in [6.07, 6.45) is 5.47. The maximum absolute atomic E-state index is 3.70. The zero-order valence-corrected chi connectivity index (χ0v) is 9.86. The molecule has 0 aromatic carbocycles. The van der Waals surface area contributed by atoms with Gasteiger partial charge in [0.05, 0.1) is 0 Å². The Labute approximate surface area is 90.5 Å². The highest BCUT2D eigenvalue weighted by Crippen LogP contribution is 2.37. The van der Waals surface area contributed by atoms with Gasteiger partial charge in [0.15, 0.2) is 0 Å². The van der Waals surface area contributed by atoms with Crippen molar-refractivity contribution in [2.75, 3.05) is 5.32 Å². The smallest absolute Gasteiger partial charge is 0.0480 e. The number of hydrogen-bond acceptors (Lipinski definition) is 2. The summed E-state index contributed by atoms with van der Waals surface area (Å²) in [4.78, 5) is 0. The summed E-state index contributed by atoms with van der Waals surface area (Å²) >= 11 is 1.80. The Kier molecular flexibility index (Phi) is 3.12. The lowest BCUT2D eigenvalue weighted by Crippen LogP contribution is -2.21. The summed E-state index contributed by atoms with van der Waals surface area (Å²) in [7, 11) is 0. The molecule has 1 atom stereocenters. The molecule has 1 aromatic heterocycles. The van der Waals surface area contributed by atoms with E-state index in [2.05, 4.69) is 29.9 Å². The fraction of sp³-hybridized carbons (Fsp3) is 0.667. The van der Waals surface area contributed by atoms with Crippen molar-refractivity contribution in [3.8, 4) is 0 Å². The molecule has 1 fully saturated rings. The van der Waals surface area contributed by atoms with E-state index in [1.165, 1.54) is 36.9 Å². The number of thiophene rings is 1. The maximum Gasteiger partial charge on any atom is 0.0480 e. The average molecular weight is 209 g/mol. The molecule has 0 aliphatic heterocycles. The van der Waals surface area contributed by atoms with E-state index in [9.17, 15) is 0 Å². The van der Waals surface area contributed by atoms with E-state index in [1.807, 2.05) is 0 Å². The van der Waals surface area contributed by atoms with Gasteiger partial charge >= 0.3 is 0 Å². The fourth-order valence-corrected chi connectivity index (χ4v) is 2.73. The van der Waals surface area contributed by atoms with Gasteiger partial charge in [-0.05, 0) is 43.0 Å². The molecule has 1 saturated carbocycles. The van der Waals surface area contributed by atoms with E-state index in [0.717, 1.165) is 12.0 Å². The second kappa shape index (κ2) is 4.35. The highest BCUT2D eigenvalue weighted by Gasteiger charge is 2.30. The van der Waals surface area contributed by atoms with E-state index in [-0.39, 0.29) is 0 Å². The third kappa shape index (κ3) is 2.30. The lowest BCUT2D eigenvalue weighted by molar-refractivity contribution is 0.577. The van der Waals surface area contributed by atoms with Gasteiger partial charge in [-0.25, -0.2) is 0 Å². The third-order valence-electron chi connectivity index (χ3n) is 2.99. The predicted molar refractivity (Wildman–Crippen MR) is 64.1 cm³/mol. The Morgan fingerprint density at radius 2 is 2.29 bits per heavy atom. The van der Waals surface area contributed by atoms with Crippen LogP contribution < -0.4 is 5.32 Å². The minimum atomic E-state index is 0.730. The summed E-state index contributed by atoms with van der Waals surface area (Å²) < 4.78 is 0. The van der Waals surface area contributed by atoms with Gasteiger partial charge in [-0.1, -0.05) is 13.3 Å². The van der Waals surface area contributed by atoms with Gasteiger partial charge in [0, 0.05) is 17.1 Å². The summed E-state index contributed by atoms with van der Waals surface area (Å²) in [5, 5.41) is 8.16. The summed E-state index contributed by atoms with van der Waals surface area (Å²) in [6, 6.07) is 0.730. The number of nitrogens with one attached hydrogen (secondary N) is 1. The van der Waals surface area contributed by atoms with Crippen LogP contribution in [0.15, 0.2) is 10.8 Å². The van der Waals surface area contributed by atoms with Gasteiger partial charge < -0.3 is 5.32 Å². The number of anilines is 1. The van der Waals surface area contributed by atoms with Crippen LogP contribution in [0.1, 0.15) is 38.2 Å². The Morgan fingerprint density at radius 1 is 1.50 bits per heavy atom. The van der Waals surface area contributed by atoms with Crippen molar-refractivity contribution in [3.05, 3.63) is 16.3 Å². The van der Waals surface area contributed by atoms with E-state index >= 15 is 0 Å². The number of rotatable bonds is 5. The van der Waals surface area contributed by atoms with Crippen LogP contribution in [0.3, 0.4) is 0 Å². The maximum atomic E-state index is 3.70. The van der Waals surface area contributed by atoms with Crippen LogP contribution in [0, 0.1) is 12.8 Å². The van der Waals surface area contributed by atoms with Crippen LogP contribution in [0.4, 0.5) is 5.69 Å². The Balaban J connectivity index is 1.96. The lowest BCUT2D eigenvalue weighted by Gasteiger charge is -2.18. The van der Waals surface area contributed by atoms with Gasteiger partial charge in [0.1, 0.15) is 0 Å². The summed E-state index contributed by atoms with van der Waals surface area (Å²) in [5.41, 5.74) is 2.76. The Hall–Kier alpha value is -0.500. The minimum absolute atomic E-state index is 0.730. The molecule has 1 N–H and O–H groups in total. The number of hydrogen-bond donors (Lipinski definition) is 1. The fourth-order valence-electron chi connectivity index (χ4n) is 1.94. The van der Waals surface area contributed by atoms with Gasteiger partial charge in [-0.2, -0.15) is 0 Å². The predicted octanol–water partition coefficient (Wildman–Crippen LogP) is 4.05. The lowest BCUT2D eigenvalue weighted by atomic mass is 10.1. The molecule has 0 spiro atoms. The SMILES string of the molecule is CCCC(Nc1cscc1C)C1CC1. The highest BCUT2D eigenvalue weighted by atomic mass is 32.1. The topological polar surface area (TPSA) is 12.0 Å². The van der Waals surface area contributed by atoms with Crippen molar-refractivity contribution in [2.24, 2.45) is 5.92 Å². The summed E-state index contributed by atoms with van der Waals surface area (Å²) in [5.74, 6) is 0.953. The first-order valence-corrected chi connectivity index (χ1v) is 6.55. The molecule has 2 rings (SSSR count). The summed E-state index contributed by atoms with van der Waals surface area (Å²) in [6.45, 7) is 4.46. The van der Waals surface area contributed by atoms with E-state index in [1.54, 1.807) is 11.3 Å². The molecule has 1 nitrogen and oxygen atoms in total. The van der Waals surface area contributed by atoms with Gasteiger partial charge in [-0.15, -0.1) is 11.3 Å². The molecule has 1 aliphatic carbocycles. The molecule has 1 aliphatic rings. The standard InChI is InChI=1S/C12H19NS/c1-3-4-11(10-5-6-10)13-12-8-14-7-9(12)2/h7-8,10-11,13H,3-6H2,1-2H3. The van der Waals surface area contributed by atoms with Crippen molar-refractivity contribution in [1.29, 1.82) is 0 Å². The molecule has 0 bridgehead atoms. The average Bonchev–Trinajstić information content (AvgIpc) is 2.93. The molecule has 0 radical (unpaired) electrons. The zero-order valence-electron chi connectivity index (χ0n) is 9.05. The third-order valence-corrected chi connectivity index (χ3v) is 3.85. The van der Waals surface area contributed by atoms with Crippen molar-refractivity contribution in [3.63, 3.8) is 0 Å². The van der Waals surface area contributed by atoms with Crippen molar-refractivity contribution in [2.45, 2.75) is 45.6 Å². The molecular formula is C12H19NS. The van der Waals surface area contributed by atoms with Crippen LogP contribution in [0.5, 0.6) is 0 Å². The van der Waals surface area contributed by atoms with E-state index in [0.29, 0.717) is 0 Å². The second-order valence-corrected chi connectivity index (χ2v) is 5.09. The molecule has 1 unspecified atom stereocenters. The monoisotopic (exact) mass is 209 g/mol. The molecule has 14 heavy (non-hydrogen) atoms. The van der Waals surface area contributed by atoms with Gasteiger partial charge in [-0.3, -0.25) is 0 Å². The first-order chi connectivity index (χ1) is 6.81. The molecule has 0 amide bonds. The van der Waals surface area contributed by atoms with Crippen LogP contribution >= 0.6 is 11.3 Å². The quantitative estimate of drug-likeness (QED) is 0.771. The first kappa shape index (κ1) is 10.0.